The van der Waals surface area contributed by atoms with Crippen LogP contribution in [0.1, 0.15) is 23.6 Å². The van der Waals surface area contributed by atoms with E-state index >= 15 is 0 Å². The van der Waals surface area contributed by atoms with Crippen molar-refractivity contribution in [3.63, 3.8) is 0 Å². The highest BCUT2D eigenvalue weighted by Crippen LogP contribution is 2.33. The highest BCUT2D eigenvalue weighted by Gasteiger charge is 2.26. The molecule has 0 amide bonds. The molecule has 0 aliphatic carbocycles. The van der Waals surface area contributed by atoms with Gasteiger partial charge in [0, 0.05) is 9.50 Å². The summed E-state index contributed by atoms with van der Waals surface area (Å²) in [6.45, 7) is 4.04. The van der Waals surface area contributed by atoms with Crippen molar-refractivity contribution in [3.8, 4) is 0 Å². The van der Waals surface area contributed by atoms with Gasteiger partial charge in [-0.15, -0.1) is 0 Å². The van der Waals surface area contributed by atoms with Crippen molar-refractivity contribution < 1.29 is 0 Å². The first-order valence-corrected chi connectivity index (χ1v) is 6.90. The SMILES string of the molecule is Cc1cccc(C(C)(N)c2ccc(Br)cc2Cl)c1. The number of aryl methyl sites for hydroxylation is 1. The molecular formula is C15H15BrClN. The van der Waals surface area contributed by atoms with Gasteiger partial charge in [0.25, 0.3) is 0 Å². The van der Waals surface area contributed by atoms with Crippen molar-refractivity contribution in [1.82, 2.24) is 0 Å². The molecule has 2 aromatic carbocycles. The van der Waals surface area contributed by atoms with E-state index in [1.54, 1.807) is 0 Å². The molecule has 1 atom stereocenters. The molecule has 1 unspecified atom stereocenters. The highest BCUT2D eigenvalue weighted by atomic mass is 79.9. The zero-order valence-electron chi connectivity index (χ0n) is 10.4. The maximum Gasteiger partial charge on any atom is 0.0651 e. The van der Waals surface area contributed by atoms with Crippen molar-refractivity contribution >= 4 is 27.5 Å². The van der Waals surface area contributed by atoms with Crippen molar-refractivity contribution in [3.05, 3.63) is 68.7 Å². The summed E-state index contributed by atoms with van der Waals surface area (Å²) in [5.74, 6) is 0. The minimum Gasteiger partial charge on any atom is -0.318 e. The van der Waals surface area contributed by atoms with E-state index in [0.717, 1.165) is 15.6 Å². The van der Waals surface area contributed by atoms with Gasteiger partial charge in [-0.1, -0.05) is 63.4 Å². The van der Waals surface area contributed by atoms with E-state index in [4.69, 9.17) is 17.3 Å². The summed E-state index contributed by atoms with van der Waals surface area (Å²) < 4.78 is 0.955. The molecule has 0 spiro atoms. The maximum atomic E-state index is 6.48. The van der Waals surface area contributed by atoms with Gasteiger partial charge in [0.15, 0.2) is 0 Å². The highest BCUT2D eigenvalue weighted by molar-refractivity contribution is 9.10. The third-order valence-corrected chi connectivity index (χ3v) is 3.91. The monoisotopic (exact) mass is 323 g/mol. The summed E-state index contributed by atoms with van der Waals surface area (Å²) in [6, 6.07) is 14.0. The van der Waals surface area contributed by atoms with Crippen LogP contribution in [0.25, 0.3) is 0 Å². The molecule has 2 rings (SSSR count). The Morgan fingerprint density at radius 1 is 1.17 bits per heavy atom. The van der Waals surface area contributed by atoms with Gasteiger partial charge < -0.3 is 5.73 Å². The zero-order chi connectivity index (χ0) is 13.3. The summed E-state index contributed by atoms with van der Waals surface area (Å²) in [7, 11) is 0. The topological polar surface area (TPSA) is 26.0 Å². The molecule has 1 nitrogen and oxygen atoms in total. The van der Waals surface area contributed by atoms with Crippen LogP contribution in [0.3, 0.4) is 0 Å². The molecular weight excluding hydrogens is 310 g/mol. The van der Waals surface area contributed by atoms with Crippen molar-refractivity contribution in [2.75, 3.05) is 0 Å². The first-order chi connectivity index (χ1) is 8.41. The van der Waals surface area contributed by atoms with Crippen LogP contribution in [0.2, 0.25) is 5.02 Å². The van der Waals surface area contributed by atoms with E-state index in [9.17, 15) is 0 Å². The van der Waals surface area contributed by atoms with Crippen LogP contribution in [0.4, 0.5) is 0 Å². The Balaban J connectivity index is 2.53. The zero-order valence-corrected chi connectivity index (χ0v) is 12.7. The van der Waals surface area contributed by atoms with Crippen LogP contribution in [0.15, 0.2) is 46.9 Å². The van der Waals surface area contributed by atoms with Gasteiger partial charge in [0.05, 0.1) is 5.54 Å². The molecule has 0 aliphatic heterocycles. The Morgan fingerprint density at radius 2 is 1.89 bits per heavy atom. The van der Waals surface area contributed by atoms with Gasteiger partial charge in [-0.3, -0.25) is 0 Å². The third-order valence-electron chi connectivity index (χ3n) is 3.11. The van der Waals surface area contributed by atoms with E-state index < -0.39 is 5.54 Å². The van der Waals surface area contributed by atoms with Crippen LogP contribution < -0.4 is 5.73 Å². The molecule has 94 valence electrons. The molecule has 2 N–H and O–H groups in total. The number of hydrogen-bond acceptors (Lipinski definition) is 1. The van der Waals surface area contributed by atoms with Crippen molar-refractivity contribution in [2.24, 2.45) is 5.73 Å². The molecule has 0 aromatic heterocycles. The molecule has 18 heavy (non-hydrogen) atoms. The second-order valence-corrected chi connectivity index (χ2v) is 6.02. The number of rotatable bonds is 2. The Kier molecular flexibility index (Phi) is 3.81. The van der Waals surface area contributed by atoms with Crippen LogP contribution in [0, 0.1) is 6.92 Å². The fraction of sp³-hybridized carbons (Fsp3) is 0.200. The first-order valence-electron chi connectivity index (χ1n) is 5.73. The average Bonchev–Trinajstić information content (AvgIpc) is 2.28. The lowest BCUT2D eigenvalue weighted by Crippen LogP contribution is -2.34. The van der Waals surface area contributed by atoms with Gasteiger partial charge in [-0.2, -0.15) is 0 Å². The van der Waals surface area contributed by atoms with Crippen molar-refractivity contribution in [2.45, 2.75) is 19.4 Å². The fourth-order valence-electron chi connectivity index (χ4n) is 2.03. The first kappa shape index (κ1) is 13.6. The van der Waals surface area contributed by atoms with Gasteiger partial charge >= 0.3 is 0 Å². The average molecular weight is 325 g/mol. The van der Waals surface area contributed by atoms with Gasteiger partial charge in [0.2, 0.25) is 0 Å². The molecule has 0 saturated heterocycles. The fourth-order valence-corrected chi connectivity index (χ4v) is 2.90. The molecule has 0 bridgehead atoms. The molecule has 0 heterocycles. The quantitative estimate of drug-likeness (QED) is 0.856. The second kappa shape index (κ2) is 5.04. The lowest BCUT2D eigenvalue weighted by Gasteiger charge is -2.27. The van der Waals surface area contributed by atoms with Gasteiger partial charge in [-0.05, 0) is 37.1 Å². The predicted octanol–water partition coefficient (Wildman–Crippen LogP) is 4.63. The minimum absolute atomic E-state index is 0.593. The number of halogens is 2. The number of benzene rings is 2. The second-order valence-electron chi connectivity index (χ2n) is 4.70. The summed E-state index contributed by atoms with van der Waals surface area (Å²) >= 11 is 9.70. The lowest BCUT2D eigenvalue weighted by molar-refractivity contribution is 0.603. The summed E-state index contributed by atoms with van der Waals surface area (Å²) in [6.07, 6.45) is 0. The third kappa shape index (κ3) is 2.61. The Bertz CT molecular complexity index is 578. The van der Waals surface area contributed by atoms with Crippen LogP contribution >= 0.6 is 27.5 Å². The molecule has 0 aliphatic rings. The van der Waals surface area contributed by atoms with Gasteiger partial charge in [0.1, 0.15) is 0 Å². The van der Waals surface area contributed by atoms with E-state index in [0.29, 0.717) is 5.02 Å². The van der Waals surface area contributed by atoms with Crippen LogP contribution in [0.5, 0.6) is 0 Å². The maximum absolute atomic E-state index is 6.48. The predicted molar refractivity (Wildman–Crippen MR) is 81.0 cm³/mol. The van der Waals surface area contributed by atoms with Crippen LogP contribution in [-0.4, -0.2) is 0 Å². The molecule has 0 fully saturated rings. The Labute approximate surface area is 121 Å². The normalized spacial score (nSPS) is 14.3. The van der Waals surface area contributed by atoms with E-state index in [1.165, 1.54) is 5.56 Å². The molecule has 2 aromatic rings. The van der Waals surface area contributed by atoms with Gasteiger partial charge in [-0.25, -0.2) is 0 Å². The Hall–Kier alpha value is -0.830. The minimum atomic E-state index is -0.593. The van der Waals surface area contributed by atoms with E-state index in [-0.39, 0.29) is 0 Å². The smallest absolute Gasteiger partial charge is 0.0651 e. The van der Waals surface area contributed by atoms with E-state index in [2.05, 4.69) is 35.0 Å². The molecule has 3 heteroatoms. The number of hydrogen-bond donors (Lipinski definition) is 1. The molecule has 0 saturated carbocycles. The van der Waals surface area contributed by atoms with Crippen molar-refractivity contribution in [1.29, 1.82) is 0 Å². The lowest BCUT2D eigenvalue weighted by atomic mass is 9.85. The molecule has 0 radical (unpaired) electrons. The standard InChI is InChI=1S/C15H15BrClN/c1-10-4-3-5-11(8-10)15(2,18)13-7-6-12(16)9-14(13)17/h3-9H,18H2,1-2H3. The number of nitrogens with two attached hydrogens (primary N) is 1. The Morgan fingerprint density at radius 3 is 2.50 bits per heavy atom. The summed E-state index contributed by atoms with van der Waals surface area (Å²) in [4.78, 5) is 0. The largest absolute Gasteiger partial charge is 0.318 e. The summed E-state index contributed by atoms with van der Waals surface area (Å²) in [5.41, 5.74) is 9.07. The van der Waals surface area contributed by atoms with E-state index in [1.807, 2.05) is 37.3 Å². The summed E-state index contributed by atoms with van der Waals surface area (Å²) in [5, 5.41) is 0.677. The van der Waals surface area contributed by atoms with Crippen LogP contribution in [-0.2, 0) is 5.54 Å².